The molecule has 2 rings (SSSR count). The summed E-state index contributed by atoms with van der Waals surface area (Å²) in [5.74, 6) is 0. The molecule has 2 aliphatic rings. The second kappa shape index (κ2) is 4.42. The van der Waals surface area contributed by atoms with Crippen LogP contribution in [0.2, 0.25) is 0 Å². The lowest BCUT2D eigenvalue weighted by atomic mass is 9.88. The van der Waals surface area contributed by atoms with E-state index in [9.17, 15) is 0 Å². The Balaban J connectivity index is 1.69. The molecule has 0 radical (unpaired) electrons. The summed E-state index contributed by atoms with van der Waals surface area (Å²) < 4.78 is 0. The maximum atomic E-state index is 6.32. The molecule has 0 atom stereocenters. The largest absolute Gasteiger partial charge is 0.324 e. The lowest BCUT2D eigenvalue weighted by Crippen LogP contribution is -2.48. The zero-order chi connectivity index (χ0) is 10.8. The number of hydrogen-bond acceptors (Lipinski definition) is 2. The van der Waals surface area contributed by atoms with Gasteiger partial charge in [0, 0.05) is 18.6 Å². The van der Waals surface area contributed by atoms with Gasteiger partial charge in [0.1, 0.15) is 0 Å². The van der Waals surface area contributed by atoms with Gasteiger partial charge in [-0.15, -0.1) is 0 Å². The Morgan fingerprint density at radius 2 is 1.47 bits per heavy atom. The maximum Gasteiger partial charge on any atom is 0.0280 e. The van der Waals surface area contributed by atoms with Crippen LogP contribution in [0, 0.1) is 5.41 Å². The van der Waals surface area contributed by atoms with Gasteiger partial charge in [-0.2, -0.15) is 0 Å². The summed E-state index contributed by atoms with van der Waals surface area (Å²) >= 11 is 0. The molecule has 0 spiro atoms. The first-order chi connectivity index (χ1) is 7.12. The predicted octanol–water partition coefficient (Wildman–Crippen LogP) is 2.43. The monoisotopic (exact) mass is 210 g/mol. The Labute approximate surface area is 94.0 Å². The third-order valence-electron chi connectivity index (χ3n) is 4.44. The molecule has 0 aromatic heterocycles. The van der Waals surface area contributed by atoms with E-state index < -0.39 is 0 Å². The Morgan fingerprint density at radius 1 is 0.933 bits per heavy atom. The van der Waals surface area contributed by atoms with Gasteiger partial charge in [-0.25, -0.2) is 0 Å². The van der Waals surface area contributed by atoms with Crippen molar-refractivity contribution in [2.45, 2.75) is 63.8 Å². The zero-order valence-corrected chi connectivity index (χ0v) is 10.1. The lowest BCUT2D eigenvalue weighted by molar-refractivity contribution is 0.293. The molecule has 0 bridgehead atoms. The van der Waals surface area contributed by atoms with Gasteiger partial charge >= 0.3 is 0 Å². The fraction of sp³-hybridized carbons (Fsp3) is 1.00. The van der Waals surface area contributed by atoms with Crippen molar-refractivity contribution in [3.63, 3.8) is 0 Å². The van der Waals surface area contributed by atoms with Crippen molar-refractivity contribution in [2.24, 2.45) is 11.1 Å². The SMILES string of the molecule is CC1(CNCC2(N)CCCC2)CCCC1. The van der Waals surface area contributed by atoms with Crippen LogP contribution < -0.4 is 11.1 Å². The van der Waals surface area contributed by atoms with Crippen molar-refractivity contribution >= 4 is 0 Å². The normalized spacial score (nSPS) is 28.4. The van der Waals surface area contributed by atoms with Gasteiger partial charge in [-0.05, 0) is 31.1 Å². The molecule has 0 aromatic carbocycles. The first-order valence-electron chi connectivity index (χ1n) is 6.62. The van der Waals surface area contributed by atoms with Gasteiger partial charge in [-0.1, -0.05) is 32.6 Å². The highest BCUT2D eigenvalue weighted by Gasteiger charge is 2.31. The molecular weight excluding hydrogens is 184 g/mol. The molecule has 3 N–H and O–H groups in total. The van der Waals surface area contributed by atoms with Gasteiger partial charge in [0.25, 0.3) is 0 Å². The van der Waals surface area contributed by atoms with Crippen LogP contribution >= 0.6 is 0 Å². The first-order valence-corrected chi connectivity index (χ1v) is 6.62. The Hall–Kier alpha value is -0.0800. The fourth-order valence-corrected chi connectivity index (χ4v) is 3.27. The van der Waals surface area contributed by atoms with E-state index in [1.807, 2.05) is 0 Å². The molecule has 0 amide bonds. The minimum absolute atomic E-state index is 0.120. The minimum Gasteiger partial charge on any atom is -0.324 e. The van der Waals surface area contributed by atoms with E-state index >= 15 is 0 Å². The minimum atomic E-state index is 0.120. The molecule has 0 heterocycles. The number of hydrogen-bond donors (Lipinski definition) is 2. The highest BCUT2D eigenvalue weighted by molar-refractivity contribution is 4.92. The van der Waals surface area contributed by atoms with E-state index in [0.717, 1.165) is 6.54 Å². The number of nitrogens with one attached hydrogen (secondary N) is 1. The van der Waals surface area contributed by atoms with Gasteiger partial charge in [0.2, 0.25) is 0 Å². The number of nitrogens with two attached hydrogens (primary N) is 1. The topological polar surface area (TPSA) is 38.0 Å². The Bertz CT molecular complexity index is 179. The molecule has 0 unspecified atom stereocenters. The lowest BCUT2D eigenvalue weighted by Gasteiger charge is -2.29. The van der Waals surface area contributed by atoms with E-state index in [4.69, 9.17) is 5.73 Å². The molecule has 0 aromatic rings. The summed E-state index contributed by atoms with van der Waals surface area (Å²) in [7, 11) is 0. The second-order valence-electron chi connectivity index (χ2n) is 6.19. The van der Waals surface area contributed by atoms with Crippen molar-refractivity contribution in [2.75, 3.05) is 13.1 Å². The summed E-state index contributed by atoms with van der Waals surface area (Å²) in [6.07, 6.45) is 10.7. The first kappa shape index (κ1) is 11.4. The van der Waals surface area contributed by atoms with Gasteiger partial charge < -0.3 is 11.1 Å². The highest BCUT2D eigenvalue weighted by Crippen LogP contribution is 2.36. The molecule has 2 saturated carbocycles. The highest BCUT2D eigenvalue weighted by atomic mass is 14.9. The van der Waals surface area contributed by atoms with Crippen LogP contribution in [-0.2, 0) is 0 Å². The van der Waals surface area contributed by atoms with E-state index in [1.54, 1.807) is 0 Å². The quantitative estimate of drug-likeness (QED) is 0.748. The van der Waals surface area contributed by atoms with Crippen LogP contribution in [0.1, 0.15) is 58.3 Å². The van der Waals surface area contributed by atoms with Crippen molar-refractivity contribution in [1.29, 1.82) is 0 Å². The molecule has 88 valence electrons. The third-order valence-corrected chi connectivity index (χ3v) is 4.44. The Morgan fingerprint density at radius 3 is 2.07 bits per heavy atom. The third kappa shape index (κ3) is 2.94. The predicted molar refractivity (Wildman–Crippen MR) is 64.8 cm³/mol. The summed E-state index contributed by atoms with van der Waals surface area (Å²) in [6, 6.07) is 0. The number of rotatable bonds is 4. The average molecular weight is 210 g/mol. The van der Waals surface area contributed by atoms with E-state index in [2.05, 4.69) is 12.2 Å². The average Bonchev–Trinajstić information content (AvgIpc) is 2.76. The molecule has 0 saturated heterocycles. The Kier molecular flexibility index (Phi) is 3.36. The fourth-order valence-electron chi connectivity index (χ4n) is 3.27. The molecule has 2 nitrogen and oxygen atoms in total. The van der Waals surface area contributed by atoms with E-state index in [-0.39, 0.29) is 5.54 Å². The van der Waals surface area contributed by atoms with Crippen molar-refractivity contribution in [3.8, 4) is 0 Å². The van der Waals surface area contributed by atoms with E-state index in [1.165, 1.54) is 57.9 Å². The van der Waals surface area contributed by atoms with Crippen LogP contribution in [0.3, 0.4) is 0 Å². The summed E-state index contributed by atoms with van der Waals surface area (Å²) in [5.41, 5.74) is 7.01. The molecule has 2 aliphatic carbocycles. The molecule has 15 heavy (non-hydrogen) atoms. The van der Waals surface area contributed by atoms with Gasteiger partial charge in [0.15, 0.2) is 0 Å². The molecule has 0 aliphatic heterocycles. The summed E-state index contributed by atoms with van der Waals surface area (Å²) in [6.45, 7) is 4.62. The van der Waals surface area contributed by atoms with Crippen molar-refractivity contribution < 1.29 is 0 Å². The van der Waals surface area contributed by atoms with E-state index in [0.29, 0.717) is 5.41 Å². The molecular formula is C13H26N2. The van der Waals surface area contributed by atoms with Crippen molar-refractivity contribution in [3.05, 3.63) is 0 Å². The standard InChI is InChI=1S/C13H26N2/c1-12(6-2-3-7-12)10-15-11-13(14)8-4-5-9-13/h15H,2-11,14H2,1H3. The zero-order valence-electron chi connectivity index (χ0n) is 10.1. The molecule has 2 fully saturated rings. The van der Waals surface area contributed by atoms with Gasteiger partial charge in [0.05, 0.1) is 0 Å². The summed E-state index contributed by atoms with van der Waals surface area (Å²) in [4.78, 5) is 0. The van der Waals surface area contributed by atoms with Crippen molar-refractivity contribution in [1.82, 2.24) is 5.32 Å². The molecule has 2 heteroatoms. The maximum absolute atomic E-state index is 6.32. The van der Waals surface area contributed by atoms with Crippen LogP contribution in [0.4, 0.5) is 0 Å². The second-order valence-corrected chi connectivity index (χ2v) is 6.19. The van der Waals surface area contributed by atoms with Crippen LogP contribution in [0.5, 0.6) is 0 Å². The van der Waals surface area contributed by atoms with Gasteiger partial charge in [-0.3, -0.25) is 0 Å². The van der Waals surface area contributed by atoms with Crippen LogP contribution in [0.15, 0.2) is 0 Å². The smallest absolute Gasteiger partial charge is 0.0280 e. The van der Waals surface area contributed by atoms with Crippen LogP contribution in [-0.4, -0.2) is 18.6 Å². The van der Waals surface area contributed by atoms with Crippen LogP contribution in [0.25, 0.3) is 0 Å². The summed E-state index contributed by atoms with van der Waals surface area (Å²) in [5, 5.41) is 3.63.